The van der Waals surface area contributed by atoms with E-state index in [1.165, 1.54) is 32.2 Å². The third-order valence-corrected chi connectivity index (χ3v) is 3.80. The van der Waals surface area contributed by atoms with E-state index in [-0.39, 0.29) is 0 Å². The molecule has 1 saturated carbocycles. The fourth-order valence-electron chi connectivity index (χ4n) is 3.23. The molecule has 0 unspecified atom stereocenters. The van der Waals surface area contributed by atoms with Crippen molar-refractivity contribution in [1.29, 1.82) is 0 Å². The maximum absolute atomic E-state index is 2.78. The second kappa shape index (κ2) is 1.42. The molecule has 0 spiro atoms. The predicted octanol–water partition coefficient (Wildman–Crippen LogP) is 1.63. The Morgan fingerprint density at radius 3 is 3.20 bits per heavy atom. The second-order valence-corrected chi connectivity index (χ2v) is 4.56. The number of hydrogen-bond donors (Lipinski definition) is 0. The van der Waals surface area contributed by atoms with Crippen molar-refractivity contribution in [3.63, 3.8) is 0 Å². The van der Waals surface area contributed by atoms with Crippen molar-refractivity contribution in [3.05, 3.63) is 0 Å². The minimum Gasteiger partial charge on any atom is -0.295 e. The van der Waals surface area contributed by atoms with Gasteiger partial charge in [-0.05, 0) is 45.1 Å². The molecule has 3 atom stereocenters. The highest BCUT2D eigenvalue weighted by atomic mass is 15.3. The molecule has 0 bridgehead atoms. The van der Waals surface area contributed by atoms with Crippen LogP contribution in [-0.2, 0) is 0 Å². The SMILES string of the molecule is C[C@@]12CCCN1[C@H]1C[C@H]1C2. The molecule has 1 aliphatic carbocycles. The van der Waals surface area contributed by atoms with Crippen LogP contribution in [0.2, 0.25) is 0 Å². The maximum Gasteiger partial charge on any atom is 0.0188 e. The van der Waals surface area contributed by atoms with Crippen LogP contribution in [0.3, 0.4) is 0 Å². The summed E-state index contributed by atoms with van der Waals surface area (Å²) in [5.74, 6) is 1.12. The summed E-state index contributed by atoms with van der Waals surface area (Å²) in [6.07, 6.45) is 5.97. The van der Waals surface area contributed by atoms with Crippen LogP contribution in [0.4, 0.5) is 0 Å². The summed E-state index contributed by atoms with van der Waals surface area (Å²) in [6.45, 7) is 3.86. The van der Waals surface area contributed by atoms with Crippen LogP contribution >= 0.6 is 0 Å². The Hall–Kier alpha value is -0.0400. The van der Waals surface area contributed by atoms with E-state index in [0.29, 0.717) is 5.54 Å². The Kier molecular flexibility index (Phi) is 0.797. The van der Waals surface area contributed by atoms with Crippen LogP contribution in [0.1, 0.15) is 32.6 Å². The molecule has 1 nitrogen and oxygen atoms in total. The van der Waals surface area contributed by atoms with Crippen LogP contribution in [-0.4, -0.2) is 23.0 Å². The summed E-state index contributed by atoms with van der Waals surface area (Å²) in [4.78, 5) is 2.78. The highest BCUT2D eigenvalue weighted by Crippen LogP contribution is 2.56. The fraction of sp³-hybridized carbons (Fsp3) is 1.00. The Morgan fingerprint density at radius 1 is 1.50 bits per heavy atom. The van der Waals surface area contributed by atoms with Crippen molar-refractivity contribution < 1.29 is 0 Å². The van der Waals surface area contributed by atoms with Gasteiger partial charge in [0.2, 0.25) is 0 Å². The van der Waals surface area contributed by atoms with Crippen molar-refractivity contribution >= 4 is 0 Å². The predicted molar refractivity (Wildman–Crippen MR) is 40.9 cm³/mol. The van der Waals surface area contributed by atoms with E-state index in [9.17, 15) is 0 Å². The van der Waals surface area contributed by atoms with E-state index in [0.717, 1.165) is 12.0 Å². The average Bonchev–Trinajstić information content (AvgIpc) is 2.36. The van der Waals surface area contributed by atoms with Crippen molar-refractivity contribution in [1.82, 2.24) is 4.90 Å². The average molecular weight is 137 g/mol. The Bertz CT molecular complexity index is 178. The molecule has 1 heteroatoms. The van der Waals surface area contributed by atoms with E-state index in [4.69, 9.17) is 0 Å². The van der Waals surface area contributed by atoms with Crippen LogP contribution < -0.4 is 0 Å². The van der Waals surface area contributed by atoms with Gasteiger partial charge in [-0.2, -0.15) is 0 Å². The molecule has 10 heavy (non-hydrogen) atoms. The van der Waals surface area contributed by atoms with Gasteiger partial charge in [-0.15, -0.1) is 0 Å². The van der Waals surface area contributed by atoms with Gasteiger partial charge < -0.3 is 0 Å². The lowest BCUT2D eigenvalue weighted by molar-refractivity contribution is 0.181. The van der Waals surface area contributed by atoms with E-state index in [2.05, 4.69) is 11.8 Å². The van der Waals surface area contributed by atoms with Gasteiger partial charge in [0.25, 0.3) is 0 Å². The molecule has 3 fully saturated rings. The Labute approximate surface area is 62.4 Å². The molecule has 0 amide bonds. The zero-order valence-electron chi connectivity index (χ0n) is 6.64. The number of piperidine rings is 1. The highest BCUT2D eigenvalue weighted by molar-refractivity contribution is 5.13. The molecule has 0 aromatic carbocycles. The van der Waals surface area contributed by atoms with Gasteiger partial charge in [-0.25, -0.2) is 0 Å². The molecule has 2 saturated heterocycles. The van der Waals surface area contributed by atoms with Crippen LogP contribution in [0.25, 0.3) is 0 Å². The monoisotopic (exact) mass is 137 g/mol. The second-order valence-electron chi connectivity index (χ2n) is 4.56. The van der Waals surface area contributed by atoms with Crippen molar-refractivity contribution in [2.24, 2.45) is 5.92 Å². The number of fused-ring (bicyclic) bond motifs is 3. The molecule has 2 aliphatic heterocycles. The molecular weight excluding hydrogens is 122 g/mol. The minimum atomic E-state index is 0.660. The number of nitrogens with zero attached hydrogens (tertiary/aromatic N) is 1. The van der Waals surface area contributed by atoms with Gasteiger partial charge in [0, 0.05) is 11.6 Å². The van der Waals surface area contributed by atoms with Gasteiger partial charge in [0.1, 0.15) is 0 Å². The van der Waals surface area contributed by atoms with Gasteiger partial charge in [0.15, 0.2) is 0 Å². The lowest BCUT2D eigenvalue weighted by atomic mass is 9.95. The number of rotatable bonds is 0. The quantitative estimate of drug-likeness (QED) is 0.490. The van der Waals surface area contributed by atoms with E-state index in [1.54, 1.807) is 0 Å². The zero-order valence-corrected chi connectivity index (χ0v) is 6.64. The van der Waals surface area contributed by atoms with Gasteiger partial charge >= 0.3 is 0 Å². The molecule has 0 aromatic rings. The lowest BCUT2D eigenvalue weighted by Gasteiger charge is -2.30. The first-order valence-corrected chi connectivity index (χ1v) is 4.56. The fourth-order valence-corrected chi connectivity index (χ4v) is 3.23. The summed E-state index contributed by atoms with van der Waals surface area (Å²) in [7, 11) is 0. The van der Waals surface area contributed by atoms with Crippen LogP contribution in [0.15, 0.2) is 0 Å². The zero-order chi connectivity index (χ0) is 6.77. The van der Waals surface area contributed by atoms with E-state index in [1.807, 2.05) is 0 Å². The van der Waals surface area contributed by atoms with Crippen molar-refractivity contribution in [2.75, 3.05) is 6.54 Å². The molecule has 56 valence electrons. The molecule has 0 N–H and O–H groups in total. The smallest absolute Gasteiger partial charge is 0.0188 e. The highest BCUT2D eigenvalue weighted by Gasteiger charge is 2.58. The summed E-state index contributed by atoms with van der Waals surface area (Å²) in [5, 5.41) is 0. The minimum absolute atomic E-state index is 0.660. The molecule has 3 rings (SSSR count). The molecule has 3 aliphatic rings. The van der Waals surface area contributed by atoms with Gasteiger partial charge in [0.05, 0.1) is 0 Å². The largest absolute Gasteiger partial charge is 0.295 e. The molecular formula is C9H15N. The van der Waals surface area contributed by atoms with Crippen molar-refractivity contribution in [3.8, 4) is 0 Å². The third kappa shape index (κ3) is 0.493. The summed E-state index contributed by atoms with van der Waals surface area (Å²) in [6, 6.07) is 1.03. The summed E-state index contributed by atoms with van der Waals surface area (Å²) >= 11 is 0. The lowest BCUT2D eigenvalue weighted by Crippen LogP contribution is -2.37. The number of hydrogen-bond acceptors (Lipinski definition) is 1. The van der Waals surface area contributed by atoms with E-state index >= 15 is 0 Å². The first-order chi connectivity index (χ1) is 4.80. The third-order valence-electron chi connectivity index (χ3n) is 3.80. The standard InChI is InChI=1S/C9H15N/c1-9-3-2-4-10(9)8-5-7(8)6-9/h7-8H,2-6H2,1H3/t7-,8-,9-/m0/s1. The van der Waals surface area contributed by atoms with E-state index < -0.39 is 0 Å². The van der Waals surface area contributed by atoms with Gasteiger partial charge in [-0.3, -0.25) is 4.90 Å². The topological polar surface area (TPSA) is 3.24 Å². The molecule has 0 radical (unpaired) electrons. The summed E-state index contributed by atoms with van der Waals surface area (Å²) in [5.41, 5.74) is 0.660. The molecule has 2 heterocycles. The summed E-state index contributed by atoms with van der Waals surface area (Å²) < 4.78 is 0. The normalized spacial score (nSPS) is 58.5. The van der Waals surface area contributed by atoms with Crippen LogP contribution in [0, 0.1) is 5.92 Å². The van der Waals surface area contributed by atoms with Gasteiger partial charge in [-0.1, -0.05) is 0 Å². The Balaban J connectivity index is 1.95. The Morgan fingerprint density at radius 2 is 2.40 bits per heavy atom. The maximum atomic E-state index is 2.78. The van der Waals surface area contributed by atoms with Crippen molar-refractivity contribution in [2.45, 2.75) is 44.2 Å². The van der Waals surface area contributed by atoms with Crippen LogP contribution in [0.5, 0.6) is 0 Å². The molecule has 0 aromatic heterocycles. The first kappa shape index (κ1) is 5.59. The first-order valence-electron chi connectivity index (χ1n) is 4.56.